The highest BCUT2D eigenvalue weighted by molar-refractivity contribution is 6.34. The predicted molar refractivity (Wildman–Crippen MR) is 142 cm³/mol. The first-order valence-corrected chi connectivity index (χ1v) is 12.1. The minimum Gasteiger partial charge on any atom is -0.497 e. The van der Waals surface area contributed by atoms with E-state index >= 15 is 0 Å². The highest BCUT2D eigenvalue weighted by Crippen LogP contribution is 2.35. The van der Waals surface area contributed by atoms with Crippen molar-refractivity contribution in [1.29, 1.82) is 0 Å². The zero-order chi connectivity index (χ0) is 27.2. The van der Waals surface area contributed by atoms with Gasteiger partial charge in [-0.05, 0) is 57.5 Å². The van der Waals surface area contributed by atoms with Crippen molar-refractivity contribution < 1.29 is 23.6 Å². The molecule has 10 heteroatoms. The van der Waals surface area contributed by atoms with Gasteiger partial charge in [-0.1, -0.05) is 41.0 Å². The fraction of sp³-hybridized carbons (Fsp3) is 0.333. The summed E-state index contributed by atoms with van der Waals surface area (Å²) in [5.41, 5.74) is 0.344. The molecule has 3 amide bonds. The molecule has 0 saturated carbocycles. The average Bonchev–Trinajstić information content (AvgIpc) is 3.24. The first kappa shape index (κ1) is 27.7. The van der Waals surface area contributed by atoms with Gasteiger partial charge in [-0.3, -0.25) is 19.3 Å². The molecule has 0 aliphatic heterocycles. The van der Waals surface area contributed by atoms with Gasteiger partial charge in [0.05, 0.1) is 17.8 Å². The molecule has 1 aromatic heterocycles. The van der Waals surface area contributed by atoms with Crippen molar-refractivity contribution in [3.05, 3.63) is 70.9 Å². The summed E-state index contributed by atoms with van der Waals surface area (Å²) >= 11 is 6.51. The summed E-state index contributed by atoms with van der Waals surface area (Å²) in [6.45, 7) is 7.27. The van der Waals surface area contributed by atoms with Crippen LogP contribution in [0, 0.1) is 6.92 Å². The molecular formula is C27H31ClN4O5. The van der Waals surface area contributed by atoms with Gasteiger partial charge in [0.2, 0.25) is 17.7 Å². The number of para-hydroxylation sites is 1. The Balaban J connectivity index is 1.97. The van der Waals surface area contributed by atoms with E-state index in [0.29, 0.717) is 27.8 Å². The number of nitrogens with one attached hydrogen (secondary N) is 2. The van der Waals surface area contributed by atoms with Crippen molar-refractivity contribution >= 4 is 40.8 Å². The molecule has 2 aromatic carbocycles. The maximum Gasteiger partial charge on any atom is 0.248 e. The lowest BCUT2D eigenvalue weighted by atomic mass is 10.00. The highest BCUT2D eigenvalue weighted by Gasteiger charge is 2.35. The van der Waals surface area contributed by atoms with E-state index in [1.165, 1.54) is 4.90 Å². The molecule has 2 N–H and O–H groups in total. The minimum absolute atomic E-state index is 0.137. The van der Waals surface area contributed by atoms with Crippen LogP contribution in [-0.4, -0.2) is 35.5 Å². The molecule has 3 aromatic rings. The van der Waals surface area contributed by atoms with Crippen LogP contribution in [0.15, 0.2) is 59.1 Å². The minimum atomic E-state index is -1.06. The summed E-state index contributed by atoms with van der Waals surface area (Å²) in [6.07, 6.45) is -0.314. The highest BCUT2D eigenvalue weighted by atomic mass is 35.5. The number of anilines is 2. The van der Waals surface area contributed by atoms with Gasteiger partial charge >= 0.3 is 0 Å². The number of ether oxygens (including phenoxy) is 1. The molecule has 1 unspecified atom stereocenters. The van der Waals surface area contributed by atoms with Crippen molar-refractivity contribution in [1.82, 2.24) is 10.5 Å². The number of aryl methyl sites for hydroxylation is 1. The molecule has 37 heavy (non-hydrogen) atoms. The number of carbonyl (C=O) groups excluding carboxylic acids is 3. The van der Waals surface area contributed by atoms with Crippen molar-refractivity contribution in [2.75, 3.05) is 17.3 Å². The number of halogens is 1. The Labute approximate surface area is 221 Å². The Morgan fingerprint density at radius 3 is 2.32 bits per heavy atom. The lowest BCUT2D eigenvalue weighted by molar-refractivity contribution is -0.128. The van der Waals surface area contributed by atoms with Gasteiger partial charge in [0.25, 0.3) is 0 Å². The number of hydrogen-bond acceptors (Lipinski definition) is 6. The molecule has 0 bridgehead atoms. The van der Waals surface area contributed by atoms with Gasteiger partial charge in [0, 0.05) is 24.4 Å². The lowest BCUT2D eigenvalue weighted by Gasteiger charge is -2.34. The first-order valence-electron chi connectivity index (χ1n) is 11.7. The Bertz CT molecular complexity index is 1250. The molecule has 0 aliphatic rings. The maximum absolute atomic E-state index is 13.7. The second kappa shape index (κ2) is 11.9. The van der Waals surface area contributed by atoms with Crippen molar-refractivity contribution in [2.24, 2.45) is 0 Å². The standard InChI is InChI=1S/C27H31ClN4O5/c1-17-16-22(31-37-17)29-23(33)14-15-24(34)32(21-9-7-6-8-20(21)28)25(26(35)30-27(2,3)4)18-10-12-19(36-5)13-11-18/h6-13,16,25H,14-15H2,1-5H3,(H,30,35)(H,29,31,33). The van der Waals surface area contributed by atoms with E-state index in [-0.39, 0.29) is 18.7 Å². The first-order chi connectivity index (χ1) is 17.5. The topological polar surface area (TPSA) is 114 Å². The largest absolute Gasteiger partial charge is 0.497 e. The summed E-state index contributed by atoms with van der Waals surface area (Å²) in [7, 11) is 1.55. The summed E-state index contributed by atoms with van der Waals surface area (Å²) in [4.78, 5) is 41.2. The molecule has 0 radical (unpaired) electrons. The second-order valence-electron chi connectivity index (χ2n) is 9.50. The molecule has 9 nitrogen and oxygen atoms in total. The zero-order valence-electron chi connectivity index (χ0n) is 21.5. The van der Waals surface area contributed by atoms with Crippen LogP contribution >= 0.6 is 11.6 Å². The number of hydrogen-bond donors (Lipinski definition) is 2. The van der Waals surface area contributed by atoms with E-state index in [0.717, 1.165) is 0 Å². The number of benzene rings is 2. The van der Waals surface area contributed by atoms with Gasteiger partial charge < -0.3 is 19.9 Å². The third-order valence-corrected chi connectivity index (χ3v) is 5.60. The van der Waals surface area contributed by atoms with Gasteiger partial charge in [0.15, 0.2) is 5.82 Å². The normalized spacial score (nSPS) is 11.9. The van der Waals surface area contributed by atoms with Crippen LogP contribution in [0.3, 0.4) is 0 Å². The molecule has 3 rings (SSSR count). The van der Waals surface area contributed by atoms with Crippen molar-refractivity contribution in [3.63, 3.8) is 0 Å². The van der Waals surface area contributed by atoms with Gasteiger partial charge in [-0.2, -0.15) is 0 Å². The number of amides is 3. The van der Waals surface area contributed by atoms with Crippen LogP contribution < -0.4 is 20.3 Å². The van der Waals surface area contributed by atoms with E-state index in [1.807, 2.05) is 20.8 Å². The maximum atomic E-state index is 13.7. The smallest absolute Gasteiger partial charge is 0.248 e. The SMILES string of the molecule is COc1ccc(C(C(=O)NC(C)(C)C)N(C(=O)CCC(=O)Nc2cc(C)on2)c2ccccc2Cl)cc1. The van der Waals surface area contributed by atoms with E-state index in [1.54, 1.807) is 68.6 Å². The summed E-state index contributed by atoms with van der Waals surface area (Å²) < 4.78 is 10.2. The van der Waals surface area contributed by atoms with Crippen LogP contribution in [-0.2, 0) is 14.4 Å². The molecular weight excluding hydrogens is 496 g/mol. The lowest BCUT2D eigenvalue weighted by Crippen LogP contribution is -2.49. The Morgan fingerprint density at radius 2 is 1.76 bits per heavy atom. The van der Waals surface area contributed by atoms with Gasteiger partial charge in [-0.25, -0.2) is 0 Å². The Hall–Kier alpha value is -3.85. The van der Waals surface area contributed by atoms with E-state index < -0.39 is 29.3 Å². The number of nitrogens with zero attached hydrogens (tertiary/aromatic N) is 2. The molecule has 0 fully saturated rings. The van der Waals surface area contributed by atoms with E-state index in [9.17, 15) is 14.4 Å². The van der Waals surface area contributed by atoms with Crippen molar-refractivity contribution in [3.8, 4) is 5.75 Å². The van der Waals surface area contributed by atoms with Gasteiger partial charge in [-0.15, -0.1) is 0 Å². The quantitative estimate of drug-likeness (QED) is 0.403. The molecule has 0 saturated heterocycles. The molecule has 196 valence electrons. The summed E-state index contributed by atoms with van der Waals surface area (Å²) in [5.74, 6) is 0.148. The van der Waals surface area contributed by atoms with Crippen molar-refractivity contribution in [2.45, 2.75) is 52.1 Å². The molecule has 1 atom stereocenters. The Morgan fingerprint density at radius 1 is 1.08 bits per heavy atom. The van der Waals surface area contributed by atoms with E-state index in [4.69, 9.17) is 20.9 Å². The van der Waals surface area contributed by atoms with Crippen LogP contribution in [0.4, 0.5) is 11.5 Å². The number of rotatable bonds is 9. The number of carbonyl (C=O) groups is 3. The van der Waals surface area contributed by atoms with E-state index in [2.05, 4.69) is 15.8 Å². The predicted octanol–water partition coefficient (Wildman–Crippen LogP) is 5.05. The van der Waals surface area contributed by atoms with Crippen LogP contribution in [0.2, 0.25) is 5.02 Å². The molecule has 0 aliphatic carbocycles. The molecule has 1 heterocycles. The monoisotopic (exact) mass is 526 g/mol. The number of aromatic nitrogens is 1. The molecule has 0 spiro atoms. The number of methoxy groups -OCH3 is 1. The fourth-order valence-corrected chi connectivity index (χ4v) is 3.90. The fourth-order valence-electron chi connectivity index (χ4n) is 3.68. The third kappa shape index (κ3) is 7.57. The summed E-state index contributed by atoms with van der Waals surface area (Å²) in [5, 5.41) is 9.59. The summed E-state index contributed by atoms with van der Waals surface area (Å²) in [6, 6.07) is 14.2. The Kier molecular flexibility index (Phi) is 8.94. The second-order valence-corrected chi connectivity index (χ2v) is 9.91. The van der Waals surface area contributed by atoms with Gasteiger partial charge in [0.1, 0.15) is 17.6 Å². The van der Waals surface area contributed by atoms with Crippen LogP contribution in [0.25, 0.3) is 0 Å². The van der Waals surface area contributed by atoms with Crippen LogP contribution in [0.1, 0.15) is 51.0 Å². The zero-order valence-corrected chi connectivity index (χ0v) is 22.3. The third-order valence-electron chi connectivity index (χ3n) is 5.28. The van der Waals surface area contributed by atoms with Crippen LogP contribution in [0.5, 0.6) is 5.75 Å². The average molecular weight is 527 g/mol.